The summed E-state index contributed by atoms with van der Waals surface area (Å²) in [5.74, 6) is 2.45. The highest BCUT2D eigenvalue weighted by atomic mass is 32.2. The first-order valence-electron chi connectivity index (χ1n) is 9.43. The van der Waals surface area contributed by atoms with Crippen LogP contribution in [0.3, 0.4) is 0 Å². The third-order valence-electron chi connectivity index (χ3n) is 5.43. The van der Waals surface area contributed by atoms with Gasteiger partial charge in [0.15, 0.2) is 17.3 Å². The van der Waals surface area contributed by atoms with Gasteiger partial charge in [0.25, 0.3) is 5.56 Å². The maximum absolute atomic E-state index is 12.9. The molecular formula is C20H25N3O4S. The van der Waals surface area contributed by atoms with Gasteiger partial charge in [-0.2, -0.15) is 0 Å². The maximum atomic E-state index is 12.9. The quantitative estimate of drug-likeness (QED) is 0.809. The fraction of sp³-hybridized carbons (Fsp3) is 0.500. The van der Waals surface area contributed by atoms with Crippen LogP contribution in [0.1, 0.15) is 55.0 Å². The van der Waals surface area contributed by atoms with E-state index in [0.717, 1.165) is 29.3 Å². The van der Waals surface area contributed by atoms with Crippen molar-refractivity contribution in [2.75, 3.05) is 21.3 Å². The first kappa shape index (κ1) is 19.0. The Morgan fingerprint density at radius 3 is 2.32 bits per heavy atom. The van der Waals surface area contributed by atoms with Gasteiger partial charge in [-0.1, -0.05) is 24.6 Å². The smallest absolute Gasteiger partial charge is 0.271 e. The molecule has 1 fully saturated rings. The van der Waals surface area contributed by atoms with Crippen molar-refractivity contribution in [1.82, 2.24) is 9.78 Å². The van der Waals surface area contributed by atoms with Crippen molar-refractivity contribution in [3.8, 4) is 17.2 Å². The van der Waals surface area contributed by atoms with E-state index in [1.165, 1.54) is 12.8 Å². The van der Waals surface area contributed by atoms with Gasteiger partial charge in [0.1, 0.15) is 0 Å². The van der Waals surface area contributed by atoms with E-state index in [4.69, 9.17) is 19.2 Å². The number of hydrogen-bond donors (Lipinski definition) is 1. The van der Waals surface area contributed by atoms with Crippen molar-refractivity contribution in [1.29, 1.82) is 0 Å². The summed E-state index contributed by atoms with van der Waals surface area (Å²) >= 11 is 1.57. The molecule has 4 rings (SSSR count). The van der Waals surface area contributed by atoms with Crippen molar-refractivity contribution in [3.05, 3.63) is 33.6 Å². The Hall–Kier alpha value is -2.35. The summed E-state index contributed by atoms with van der Waals surface area (Å²) in [6.07, 6.45) is 4.53. The van der Waals surface area contributed by atoms with Crippen molar-refractivity contribution in [3.63, 3.8) is 0 Å². The summed E-state index contributed by atoms with van der Waals surface area (Å²) in [5, 5.41) is 3.79. The van der Waals surface area contributed by atoms with E-state index in [-0.39, 0.29) is 10.8 Å². The van der Waals surface area contributed by atoms with E-state index in [9.17, 15) is 4.79 Å². The number of aliphatic imine (C=N–C) groups is 1. The Morgan fingerprint density at radius 1 is 1.11 bits per heavy atom. The second kappa shape index (κ2) is 7.58. The van der Waals surface area contributed by atoms with E-state index in [1.54, 1.807) is 33.1 Å². The SMILES string of the molecule is COc1cc([C@@H]2SC(C)=Nc3c2c(=O)[nH]n3C2CCCC2)cc(OC)c1OC. The predicted molar refractivity (Wildman–Crippen MR) is 111 cm³/mol. The molecule has 1 aromatic carbocycles. The molecule has 28 heavy (non-hydrogen) atoms. The molecule has 0 radical (unpaired) electrons. The van der Waals surface area contributed by atoms with E-state index >= 15 is 0 Å². The Morgan fingerprint density at radius 2 is 1.75 bits per heavy atom. The van der Waals surface area contributed by atoms with Gasteiger partial charge in [-0.25, -0.2) is 4.99 Å². The summed E-state index contributed by atoms with van der Waals surface area (Å²) in [4.78, 5) is 17.6. The molecule has 8 heteroatoms. The molecule has 1 saturated carbocycles. The molecule has 2 heterocycles. The summed E-state index contributed by atoms with van der Waals surface area (Å²) in [6.45, 7) is 1.98. The number of rotatable bonds is 5. The molecular weight excluding hydrogens is 378 g/mol. The number of aromatic nitrogens is 2. The standard InChI is InChI=1S/C20H25N3O4S/c1-11-21-19-16(20(24)22-23(19)13-7-5-6-8-13)18(28-11)12-9-14(25-2)17(27-4)15(10-12)26-3/h9-10,13,18H,5-8H2,1-4H3,(H,22,24)/t18-/m0/s1. The molecule has 1 N–H and O–H groups in total. The molecule has 0 unspecified atom stereocenters. The molecule has 1 aliphatic heterocycles. The van der Waals surface area contributed by atoms with Crippen LogP contribution in [0.5, 0.6) is 17.2 Å². The normalized spacial score (nSPS) is 19.3. The topological polar surface area (TPSA) is 77.8 Å². The minimum atomic E-state index is -0.187. The number of nitrogens with zero attached hydrogens (tertiary/aromatic N) is 2. The van der Waals surface area contributed by atoms with Crippen molar-refractivity contribution < 1.29 is 14.2 Å². The van der Waals surface area contributed by atoms with Gasteiger partial charge < -0.3 is 14.2 Å². The lowest BCUT2D eigenvalue weighted by Crippen LogP contribution is -2.14. The van der Waals surface area contributed by atoms with Gasteiger partial charge in [-0.05, 0) is 37.5 Å². The van der Waals surface area contributed by atoms with Crippen molar-refractivity contribution >= 4 is 22.6 Å². The van der Waals surface area contributed by atoms with Crippen LogP contribution in [0, 0.1) is 0 Å². The third kappa shape index (κ3) is 3.09. The van der Waals surface area contributed by atoms with Gasteiger partial charge >= 0.3 is 0 Å². The highest BCUT2D eigenvalue weighted by molar-refractivity contribution is 8.14. The summed E-state index contributed by atoms with van der Waals surface area (Å²) in [6, 6.07) is 4.14. The molecule has 2 aliphatic rings. The molecule has 0 bridgehead atoms. The fourth-order valence-corrected chi connectivity index (χ4v) is 5.21. The van der Waals surface area contributed by atoms with Crippen LogP contribution in [0.25, 0.3) is 0 Å². The lowest BCUT2D eigenvalue weighted by atomic mass is 10.0. The summed E-state index contributed by atoms with van der Waals surface area (Å²) in [5.41, 5.74) is 1.53. The number of nitrogens with one attached hydrogen (secondary N) is 1. The van der Waals surface area contributed by atoms with Gasteiger partial charge in [-0.15, -0.1) is 0 Å². The zero-order valence-electron chi connectivity index (χ0n) is 16.6. The maximum Gasteiger partial charge on any atom is 0.271 e. The lowest BCUT2D eigenvalue weighted by Gasteiger charge is -2.23. The van der Waals surface area contributed by atoms with Crippen LogP contribution >= 0.6 is 11.8 Å². The second-order valence-electron chi connectivity index (χ2n) is 7.07. The molecule has 0 amide bonds. The summed E-state index contributed by atoms with van der Waals surface area (Å²) < 4.78 is 18.4. The van der Waals surface area contributed by atoms with Crippen LogP contribution in [-0.2, 0) is 0 Å². The Kier molecular flexibility index (Phi) is 5.14. The van der Waals surface area contributed by atoms with Gasteiger partial charge in [0.2, 0.25) is 5.75 Å². The van der Waals surface area contributed by atoms with Crippen LogP contribution in [0.4, 0.5) is 5.82 Å². The Bertz CT molecular complexity index is 947. The largest absolute Gasteiger partial charge is 0.493 e. The number of thioether (sulfide) groups is 1. The van der Waals surface area contributed by atoms with Crippen LogP contribution < -0.4 is 19.8 Å². The minimum absolute atomic E-state index is 0.0793. The fourth-order valence-electron chi connectivity index (χ4n) is 4.12. The number of benzene rings is 1. The zero-order chi connectivity index (χ0) is 19.8. The van der Waals surface area contributed by atoms with Gasteiger partial charge in [0, 0.05) is 0 Å². The van der Waals surface area contributed by atoms with E-state index in [1.807, 2.05) is 23.7 Å². The van der Waals surface area contributed by atoms with Crippen LogP contribution in [-0.4, -0.2) is 36.2 Å². The molecule has 1 aliphatic carbocycles. The number of hydrogen-bond acceptors (Lipinski definition) is 6. The third-order valence-corrected chi connectivity index (χ3v) is 6.61. The molecule has 2 aromatic rings. The highest BCUT2D eigenvalue weighted by Crippen LogP contribution is 2.49. The summed E-state index contributed by atoms with van der Waals surface area (Å²) in [7, 11) is 4.77. The van der Waals surface area contributed by atoms with Gasteiger partial charge in [0.05, 0.1) is 43.2 Å². The van der Waals surface area contributed by atoms with E-state index < -0.39 is 0 Å². The average Bonchev–Trinajstić information content (AvgIpc) is 3.34. The van der Waals surface area contributed by atoms with Crippen molar-refractivity contribution in [2.24, 2.45) is 4.99 Å². The molecule has 0 spiro atoms. The number of H-pyrrole nitrogens is 1. The van der Waals surface area contributed by atoms with E-state index in [0.29, 0.717) is 28.9 Å². The van der Waals surface area contributed by atoms with Gasteiger partial charge in [-0.3, -0.25) is 14.6 Å². The van der Waals surface area contributed by atoms with Crippen LogP contribution in [0.2, 0.25) is 0 Å². The molecule has 7 nitrogen and oxygen atoms in total. The number of ether oxygens (including phenoxy) is 3. The molecule has 150 valence electrons. The lowest BCUT2D eigenvalue weighted by molar-refractivity contribution is 0.324. The monoisotopic (exact) mass is 403 g/mol. The highest BCUT2D eigenvalue weighted by Gasteiger charge is 2.33. The number of methoxy groups -OCH3 is 3. The first-order chi connectivity index (χ1) is 13.6. The molecule has 1 aromatic heterocycles. The van der Waals surface area contributed by atoms with E-state index in [2.05, 4.69) is 5.10 Å². The Balaban J connectivity index is 1.85. The minimum Gasteiger partial charge on any atom is -0.493 e. The van der Waals surface area contributed by atoms with Crippen LogP contribution in [0.15, 0.2) is 21.9 Å². The Labute approximate surface area is 168 Å². The zero-order valence-corrected chi connectivity index (χ0v) is 17.4. The second-order valence-corrected chi connectivity index (χ2v) is 8.37. The number of aromatic amines is 1. The van der Waals surface area contributed by atoms with Crippen molar-refractivity contribution in [2.45, 2.75) is 43.9 Å². The first-order valence-corrected chi connectivity index (χ1v) is 10.3. The molecule has 1 atom stereocenters. The number of fused-ring (bicyclic) bond motifs is 1. The molecule has 0 saturated heterocycles. The average molecular weight is 404 g/mol. The predicted octanol–water partition coefficient (Wildman–Crippen LogP) is 4.20.